The van der Waals surface area contributed by atoms with Crippen LogP contribution in [0.15, 0.2) is 22.7 Å². The quantitative estimate of drug-likeness (QED) is 0.626. The molecule has 1 fully saturated rings. The van der Waals surface area contributed by atoms with Crippen molar-refractivity contribution >= 4 is 28.5 Å². The molecule has 0 aliphatic carbocycles. The molecule has 3 aromatic rings. The summed E-state index contributed by atoms with van der Waals surface area (Å²) >= 11 is 6.21. The fourth-order valence-electron chi connectivity index (χ4n) is 4.10. The molecule has 1 atom stereocenters. The fourth-order valence-corrected chi connectivity index (χ4v) is 4.24. The van der Waals surface area contributed by atoms with Gasteiger partial charge in [0.15, 0.2) is 5.58 Å². The van der Waals surface area contributed by atoms with Crippen LogP contribution in [0.3, 0.4) is 0 Å². The average molecular weight is 419 g/mol. The van der Waals surface area contributed by atoms with Gasteiger partial charge in [0.1, 0.15) is 5.82 Å². The molecule has 29 heavy (non-hydrogen) atoms. The maximum atomic E-state index is 13.4. The molecule has 4 rings (SSSR count). The number of amides is 1. The largest absolute Gasteiger partial charge is 0.356 e. The number of benzene rings is 1. The molecule has 0 spiro atoms. The van der Waals surface area contributed by atoms with Gasteiger partial charge < -0.3 is 9.42 Å². The molecule has 3 heterocycles. The third-order valence-corrected chi connectivity index (χ3v) is 6.36. The third kappa shape index (κ3) is 3.75. The van der Waals surface area contributed by atoms with Gasteiger partial charge in [-0.1, -0.05) is 23.7 Å². The summed E-state index contributed by atoms with van der Waals surface area (Å²) in [6.45, 7) is 7.56. The molecule has 6 nitrogen and oxygen atoms in total. The molecule has 0 N–H and O–H groups in total. The van der Waals surface area contributed by atoms with E-state index in [1.165, 1.54) is 12.1 Å². The van der Waals surface area contributed by atoms with Gasteiger partial charge in [-0.2, -0.15) is 5.10 Å². The third-order valence-electron chi connectivity index (χ3n) is 5.82. The van der Waals surface area contributed by atoms with Gasteiger partial charge >= 0.3 is 0 Å². The first-order valence-corrected chi connectivity index (χ1v) is 10.3. The van der Waals surface area contributed by atoms with E-state index in [9.17, 15) is 9.18 Å². The summed E-state index contributed by atoms with van der Waals surface area (Å²) in [6, 6.07) is 4.50. The molecular weight excluding hydrogens is 395 g/mol. The Hall–Kier alpha value is -2.41. The van der Waals surface area contributed by atoms with Crippen molar-refractivity contribution in [2.45, 2.75) is 46.1 Å². The molecule has 0 saturated carbocycles. The van der Waals surface area contributed by atoms with Crippen molar-refractivity contribution in [3.05, 3.63) is 46.1 Å². The molecule has 154 valence electrons. The topological polar surface area (TPSA) is 64.2 Å². The number of nitrogens with zero attached hydrogens (tertiary/aromatic N) is 4. The van der Waals surface area contributed by atoms with Crippen LogP contribution in [0.5, 0.6) is 0 Å². The number of piperidine rings is 1. The molecule has 0 bridgehead atoms. The Balaban J connectivity index is 1.39. The first-order chi connectivity index (χ1) is 13.8. The number of likely N-dealkylation sites (tertiary alicyclic amines) is 1. The first-order valence-electron chi connectivity index (χ1n) is 9.88. The lowest BCUT2D eigenvalue weighted by atomic mass is 9.91. The van der Waals surface area contributed by atoms with Crippen LogP contribution < -0.4 is 0 Å². The number of carbonyl (C=O) groups is 1. The number of aryl methyl sites for hydroxylation is 1. The maximum Gasteiger partial charge on any atom is 0.227 e. The second kappa shape index (κ2) is 7.78. The summed E-state index contributed by atoms with van der Waals surface area (Å²) in [5, 5.41) is 10.1. The zero-order valence-electron chi connectivity index (χ0n) is 16.8. The Morgan fingerprint density at radius 2 is 2.07 bits per heavy atom. The van der Waals surface area contributed by atoms with E-state index in [2.05, 4.69) is 10.3 Å². The van der Waals surface area contributed by atoms with E-state index in [1.54, 1.807) is 6.07 Å². The van der Waals surface area contributed by atoms with E-state index in [0.717, 1.165) is 35.3 Å². The van der Waals surface area contributed by atoms with E-state index in [0.29, 0.717) is 30.2 Å². The number of halogens is 2. The first kappa shape index (κ1) is 19.9. The molecule has 0 unspecified atom stereocenters. The van der Waals surface area contributed by atoms with Crippen molar-refractivity contribution in [1.29, 1.82) is 0 Å². The van der Waals surface area contributed by atoms with Crippen LogP contribution in [0.2, 0.25) is 5.02 Å². The molecule has 2 aromatic heterocycles. The second-order valence-electron chi connectivity index (χ2n) is 7.88. The standard InChI is InChI=1S/C21H24ClFN4O2/c1-12(11-27-14(3)19(22)13(2)24-27)21(28)26-8-6-15(7-9-26)20-17-5-4-16(23)10-18(17)29-25-20/h4-5,10,12,15H,6-9,11H2,1-3H3/t12-/m1/s1. The molecule has 1 amide bonds. The Bertz CT molecular complexity index is 1050. The number of aromatic nitrogens is 3. The van der Waals surface area contributed by atoms with Crippen LogP contribution in [-0.4, -0.2) is 38.8 Å². The SMILES string of the molecule is Cc1nn(C[C@@H](C)C(=O)N2CCC(c3noc4cc(F)ccc34)CC2)c(C)c1Cl. The normalized spacial score (nSPS) is 16.5. The highest BCUT2D eigenvalue weighted by atomic mass is 35.5. The minimum absolute atomic E-state index is 0.124. The van der Waals surface area contributed by atoms with Crippen molar-refractivity contribution in [3.8, 4) is 0 Å². The molecule has 1 aliphatic rings. The Kier molecular flexibility index (Phi) is 5.34. The van der Waals surface area contributed by atoms with E-state index in [4.69, 9.17) is 16.1 Å². The van der Waals surface area contributed by atoms with Crippen molar-refractivity contribution < 1.29 is 13.7 Å². The number of hydrogen-bond donors (Lipinski definition) is 0. The molecule has 8 heteroatoms. The maximum absolute atomic E-state index is 13.4. The highest BCUT2D eigenvalue weighted by Crippen LogP contribution is 2.33. The van der Waals surface area contributed by atoms with E-state index >= 15 is 0 Å². The summed E-state index contributed by atoms with van der Waals surface area (Å²) in [4.78, 5) is 14.8. The van der Waals surface area contributed by atoms with Gasteiger partial charge in [0.05, 0.1) is 34.6 Å². The molecule has 0 radical (unpaired) electrons. The smallest absolute Gasteiger partial charge is 0.227 e. The zero-order chi connectivity index (χ0) is 20.7. The summed E-state index contributed by atoms with van der Waals surface area (Å²) < 4.78 is 20.5. The van der Waals surface area contributed by atoms with Gasteiger partial charge in [0.25, 0.3) is 0 Å². The predicted octanol–water partition coefficient (Wildman–Crippen LogP) is 4.48. The predicted molar refractivity (Wildman–Crippen MR) is 108 cm³/mol. The highest BCUT2D eigenvalue weighted by molar-refractivity contribution is 6.31. The van der Waals surface area contributed by atoms with Crippen LogP contribution in [-0.2, 0) is 11.3 Å². The number of carbonyl (C=O) groups excluding carboxylic acids is 1. The van der Waals surface area contributed by atoms with Crippen LogP contribution in [0.1, 0.15) is 42.8 Å². The van der Waals surface area contributed by atoms with E-state index in [1.807, 2.05) is 30.4 Å². The highest BCUT2D eigenvalue weighted by Gasteiger charge is 2.29. The fraction of sp³-hybridized carbons (Fsp3) is 0.476. The van der Waals surface area contributed by atoms with Gasteiger partial charge in [-0.3, -0.25) is 9.48 Å². The monoisotopic (exact) mass is 418 g/mol. The summed E-state index contributed by atoms with van der Waals surface area (Å²) in [7, 11) is 0. The Morgan fingerprint density at radius 3 is 2.72 bits per heavy atom. The molecule has 1 saturated heterocycles. The van der Waals surface area contributed by atoms with Crippen molar-refractivity contribution in [3.63, 3.8) is 0 Å². The number of fused-ring (bicyclic) bond motifs is 1. The van der Waals surface area contributed by atoms with Crippen molar-refractivity contribution in [2.24, 2.45) is 5.92 Å². The van der Waals surface area contributed by atoms with Crippen LogP contribution >= 0.6 is 11.6 Å². The summed E-state index contributed by atoms with van der Waals surface area (Å²) in [6.07, 6.45) is 1.62. The van der Waals surface area contributed by atoms with Crippen molar-refractivity contribution in [1.82, 2.24) is 19.8 Å². The van der Waals surface area contributed by atoms with Gasteiger partial charge in [-0.05, 0) is 38.8 Å². The number of rotatable bonds is 4. The Morgan fingerprint density at radius 1 is 1.34 bits per heavy atom. The van der Waals surface area contributed by atoms with Crippen molar-refractivity contribution in [2.75, 3.05) is 13.1 Å². The minimum Gasteiger partial charge on any atom is -0.356 e. The second-order valence-corrected chi connectivity index (χ2v) is 8.25. The summed E-state index contributed by atoms with van der Waals surface area (Å²) in [5.41, 5.74) is 2.99. The van der Waals surface area contributed by atoms with Crippen LogP contribution in [0.4, 0.5) is 4.39 Å². The van der Waals surface area contributed by atoms with Gasteiger partial charge in [-0.25, -0.2) is 4.39 Å². The van der Waals surface area contributed by atoms with E-state index < -0.39 is 0 Å². The molecule has 1 aliphatic heterocycles. The van der Waals surface area contributed by atoms with E-state index in [-0.39, 0.29) is 23.6 Å². The minimum atomic E-state index is -0.335. The summed E-state index contributed by atoms with van der Waals surface area (Å²) in [5.74, 6) is -0.190. The zero-order valence-corrected chi connectivity index (χ0v) is 17.5. The van der Waals surface area contributed by atoms with Crippen LogP contribution in [0, 0.1) is 25.6 Å². The lowest BCUT2D eigenvalue weighted by Crippen LogP contribution is -2.41. The van der Waals surface area contributed by atoms with Crippen LogP contribution in [0.25, 0.3) is 11.0 Å². The lowest BCUT2D eigenvalue weighted by Gasteiger charge is -2.33. The lowest BCUT2D eigenvalue weighted by molar-refractivity contribution is -0.136. The van der Waals surface area contributed by atoms with Gasteiger partial charge in [-0.15, -0.1) is 0 Å². The van der Waals surface area contributed by atoms with Gasteiger partial charge in [0, 0.05) is 30.5 Å². The average Bonchev–Trinajstić information content (AvgIpc) is 3.23. The Labute approximate surface area is 173 Å². The number of hydrogen-bond acceptors (Lipinski definition) is 4. The molecular formula is C21H24ClFN4O2. The molecule has 1 aromatic carbocycles. The van der Waals surface area contributed by atoms with Gasteiger partial charge in [0.2, 0.25) is 5.91 Å².